The van der Waals surface area contributed by atoms with Crippen molar-refractivity contribution in [1.82, 2.24) is 0 Å². The average Bonchev–Trinajstić information content (AvgIpc) is 2.88. The first-order valence-electron chi connectivity index (χ1n) is 6.83. The second-order valence-electron chi connectivity index (χ2n) is 5.05. The third-order valence-corrected chi connectivity index (χ3v) is 4.34. The van der Waals surface area contributed by atoms with Gasteiger partial charge in [-0.2, -0.15) is 0 Å². The maximum absolute atomic E-state index is 11.6. The standard InChI is InChI=1S/C17H13BrClNO2/c1-10(18)12-4-2-11(3-5-12)9-22-16-14-8-20-17(21)13(14)6-7-15(16)19/h2-8,10H,9H2,1H3. The van der Waals surface area contributed by atoms with E-state index in [1.165, 1.54) is 11.8 Å². The second-order valence-corrected chi connectivity index (χ2v) is 6.83. The molecule has 1 heterocycles. The highest BCUT2D eigenvalue weighted by Gasteiger charge is 2.21. The highest BCUT2D eigenvalue weighted by Crippen LogP contribution is 2.33. The van der Waals surface area contributed by atoms with Crippen LogP contribution in [0.5, 0.6) is 5.75 Å². The SMILES string of the molecule is CC(Br)c1ccc(COc2c(Cl)ccc3c2C=NC3=O)cc1. The van der Waals surface area contributed by atoms with Gasteiger partial charge in [0.25, 0.3) is 5.91 Å². The predicted molar refractivity (Wildman–Crippen MR) is 91.5 cm³/mol. The maximum atomic E-state index is 11.6. The normalized spacial score (nSPS) is 14.0. The molecule has 0 radical (unpaired) electrons. The molecule has 2 aromatic rings. The number of hydrogen-bond donors (Lipinski definition) is 0. The fraction of sp³-hybridized carbons (Fsp3) is 0.176. The monoisotopic (exact) mass is 377 g/mol. The van der Waals surface area contributed by atoms with Gasteiger partial charge in [-0.05, 0) is 30.2 Å². The number of halogens is 2. The number of benzene rings is 2. The van der Waals surface area contributed by atoms with Gasteiger partial charge in [-0.1, -0.05) is 51.8 Å². The molecular weight excluding hydrogens is 366 g/mol. The lowest BCUT2D eigenvalue weighted by Crippen LogP contribution is -2.01. The number of rotatable bonds is 4. The van der Waals surface area contributed by atoms with Gasteiger partial charge in [-0.15, -0.1) is 0 Å². The molecule has 5 heteroatoms. The van der Waals surface area contributed by atoms with Crippen LogP contribution in [0.4, 0.5) is 0 Å². The zero-order valence-electron chi connectivity index (χ0n) is 11.8. The van der Waals surface area contributed by atoms with Crippen LogP contribution in [0.25, 0.3) is 0 Å². The van der Waals surface area contributed by atoms with Crippen molar-refractivity contribution in [2.75, 3.05) is 0 Å². The number of aliphatic imine (C=N–C) groups is 1. The van der Waals surface area contributed by atoms with Crippen molar-refractivity contribution in [2.45, 2.75) is 18.4 Å². The molecule has 0 fully saturated rings. The Morgan fingerprint density at radius 2 is 1.95 bits per heavy atom. The van der Waals surface area contributed by atoms with Crippen molar-refractivity contribution in [3.8, 4) is 5.75 Å². The fourth-order valence-electron chi connectivity index (χ4n) is 2.26. The van der Waals surface area contributed by atoms with Gasteiger partial charge in [0.1, 0.15) is 12.4 Å². The van der Waals surface area contributed by atoms with Gasteiger partial charge in [0, 0.05) is 16.6 Å². The molecule has 0 bridgehead atoms. The molecular formula is C17H13BrClNO2. The van der Waals surface area contributed by atoms with Crippen LogP contribution >= 0.6 is 27.5 Å². The van der Waals surface area contributed by atoms with Gasteiger partial charge in [0.15, 0.2) is 0 Å². The minimum atomic E-state index is -0.257. The highest BCUT2D eigenvalue weighted by molar-refractivity contribution is 9.09. The Balaban J connectivity index is 1.80. The third kappa shape index (κ3) is 2.94. The van der Waals surface area contributed by atoms with Crippen molar-refractivity contribution in [3.63, 3.8) is 0 Å². The van der Waals surface area contributed by atoms with E-state index in [0.29, 0.717) is 33.3 Å². The lowest BCUT2D eigenvalue weighted by atomic mass is 10.1. The molecule has 0 N–H and O–H groups in total. The second kappa shape index (κ2) is 6.23. The summed E-state index contributed by atoms with van der Waals surface area (Å²) < 4.78 is 5.83. The van der Waals surface area contributed by atoms with Crippen LogP contribution in [0.1, 0.15) is 38.8 Å². The smallest absolute Gasteiger partial charge is 0.277 e. The summed E-state index contributed by atoms with van der Waals surface area (Å²) in [7, 11) is 0. The number of nitrogens with zero attached hydrogens (tertiary/aromatic N) is 1. The number of fused-ring (bicyclic) bond motifs is 1. The van der Waals surface area contributed by atoms with Gasteiger partial charge in [0.2, 0.25) is 0 Å². The Kier molecular flexibility index (Phi) is 4.32. The molecule has 0 saturated carbocycles. The molecule has 2 aromatic carbocycles. The van der Waals surface area contributed by atoms with Crippen LogP contribution in [0.15, 0.2) is 41.4 Å². The van der Waals surface area contributed by atoms with E-state index < -0.39 is 0 Å². The Morgan fingerprint density at radius 3 is 2.64 bits per heavy atom. The number of amides is 1. The summed E-state index contributed by atoms with van der Waals surface area (Å²) in [5.74, 6) is 0.249. The Hall–Kier alpha value is -1.65. The zero-order valence-corrected chi connectivity index (χ0v) is 14.2. The zero-order chi connectivity index (χ0) is 15.7. The predicted octanol–water partition coefficient (Wildman–Crippen LogP) is 4.95. The Morgan fingerprint density at radius 1 is 1.23 bits per heavy atom. The van der Waals surface area contributed by atoms with Gasteiger partial charge in [-0.3, -0.25) is 4.79 Å². The highest BCUT2D eigenvalue weighted by atomic mass is 79.9. The minimum Gasteiger partial charge on any atom is -0.487 e. The van der Waals surface area contributed by atoms with Crippen molar-refractivity contribution in [2.24, 2.45) is 4.99 Å². The van der Waals surface area contributed by atoms with Crippen LogP contribution in [-0.4, -0.2) is 12.1 Å². The van der Waals surface area contributed by atoms with E-state index >= 15 is 0 Å². The molecule has 0 spiro atoms. The molecule has 1 amide bonds. The van der Waals surface area contributed by atoms with Crippen molar-refractivity contribution >= 4 is 39.7 Å². The molecule has 3 rings (SSSR count). The molecule has 1 aliphatic rings. The summed E-state index contributed by atoms with van der Waals surface area (Å²) in [6.45, 7) is 2.46. The van der Waals surface area contributed by atoms with Crippen molar-refractivity contribution in [3.05, 3.63) is 63.7 Å². The molecule has 0 saturated heterocycles. The van der Waals surface area contributed by atoms with Crippen molar-refractivity contribution in [1.29, 1.82) is 0 Å². The summed E-state index contributed by atoms with van der Waals surface area (Å²) in [4.78, 5) is 15.7. The van der Waals surface area contributed by atoms with E-state index in [-0.39, 0.29) is 5.91 Å². The summed E-state index contributed by atoms with van der Waals surface area (Å²) in [5.41, 5.74) is 3.43. The average molecular weight is 379 g/mol. The van der Waals surface area contributed by atoms with Crippen LogP contribution in [0, 0.1) is 0 Å². The van der Waals surface area contributed by atoms with Crippen LogP contribution in [0.2, 0.25) is 5.02 Å². The summed E-state index contributed by atoms with van der Waals surface area (Å²) in [6.07, 6.45) is 1.51. The minimum absolute atomic E-state index is 0.257. The number of alkyl halides is 1. The molecule has 0 aromatic heterocycles. The van der Waals surface area contributed by atoms with E-state index in [1.807, 2.05) is 12.1 Å². The summed E-state index contributed by atoms with van der Waals surface area (Å²) in [5, 5.41) is 0.477. The topological polar surface area (TPSA) is 38.7 Å². The van der Waals surface area contributed by atoms with Crippen LogP contribution < -0.4 is 4.74 Å². The first kappa shape index (κ1) is 15.3. The van der Waals surface area contributed by atoms with E-state index in [2.05, 4.69) is 40.0 Å². The molecule has 0 aliphatic carbocycles. The molecule has 1 atom stereocenters. The van der Waals surface area contributed by atoms with Gasteiger partial charge in [0.05, 0.1) is 10.6 Å². The lowest BCUT2D eigenvalue weighted by Gasteiger charge is -2.12. The molecule has 1 aliphatic heterocycles. The fourth-order valence-corrected chi connectivity index (χ4v) is 2.79. The third-order valence-electron chi connectivity index (χ3n) is 3.51. The maximum Gasteiger partial charge on any atom is 0.277 e. The molecule has 22 heavy (non-hydrogen) atoms. The van der Waals surface area contributed by atoms with Gasteiger partial charge >= 0.3 is 0 Å². The quantitative estimate of drug-likeness (QED) is 0.706. The summed E-state index contributed by atoms with van der Waals surface area (Å²) >= 11 is 9.72. The number of ether oxygens (including phenoxy) is 1. The van der Waals surface area contributed by atoms with Gasteiger partial charge in [-0.25, -0.2) is 4.99 Å². The molecule has 3 nitrogen and oxygen atoms in total. The Labute approximate surface area is 142 Å². The first-order chi connectivity index (χ1) is 10.6. The lowest BCUT2D eigenvalue weighted by molar-refractivity contribution is 0.101. The molecule has 1 unspecified atom stereocenters. The van der Waals surface area contributed by atoms with Crippen LogP contribution in [-0.2, 0) is 6.61 Å². The number of carbonyl (C=O) groups excluding carboxylic acids is 1. The van der Waals surface area contributed by atoms with Crippen LogP contribution in [0.3, 0.4) is 0 Å². The van der Waals surface area contributed by atoms with E-state index in [0.717, 1.165) is 5.56 Å². The number of hydrogen-bond acceptors (Lipinski definition) is 2. The largest absolute Gasteiger partial charge is 0.487 e. The first-order valence-corrected chi connectivity index (χ1v) is 8.12. The molecule has 112 valence electrons. The van der Waals surface area contributed by atoms with E-state index in [1.54, 1.807) is 12.1 Å². The Bertz CT molecular complexity index is 754. The number of carbonyl (C=O) groups is 1. The van der Waals surface area contributed by atoms with E-state index in [9.17, 15) is 4.79 Å². The van der Waals surface area contributed by atoms with E-state index in [4.69, 9.17) is 16.3 Å². The summed E-state index contributed by atoms with van der Waals surface area (Å²) in [6, 6.07) is 11.5. The van der Waals surface area contributed by atoms with Gasteiger partial charge < -0.3 is 4.74 Å². The van der Waals surface area contributed by atoms with Crippen molar-refractivity contribution < 1.29 is 9.53 Å².